The second kappa shape index (κ2) is 7.68. The molecule has 6 nitrogen and oxygen atoms in total. The number of thiophene rings is 1. The van der Waals surface area contributed by atoms with Gasteiger partial charge < -0.3 is 9.72 Å². The Hall–Kier alpha value is -2.58. The molecular formula is C21H19N3O3S2. The number of nitrogens with one attached hydrogen (secondary N) is 1. The second-order valence-corrected chi connectivity index (χ2v) is 9.34. The van der Waals surface area contributed by atoms with Crippen LogP contribution >= 0.6 is 22.7 Å². The van der Waals surface area contributed by atoms with Crippen molar-refractivity contribution >= 4 is 49.1 Å². The molecule has 148 valence electrons. The maximum atomic E-state index is 12.6. The van der Waals surface area contributed by atoms with Crippen molar-refractivity contribution in [1.82, 2.24) is 15.0 Å². The number of carbonyl (C=O) groups is 1. The Morgan fingerprint density at radius 3 is 2.90 bits per heavy atom. The fourth-order valence-corrected chi connectivity index (χ4v) is 5.90. The average molecular weight is 426 g/mol. The van der Waals surface area contributed by atoms with Crippen LogP contribution in [0.3, 0.4) is 0 Å². The number of para-hydroxylation sites is 1. The van der Waals surface area contributed by atoms with E-state index in [0.29, 0.717) is 12.2 Å². The molecule has 0 unspecified atom stereocenters. The second-order valence-electron chi connectivity index (χ2n) is 7.14. The monoisotopic (exact) mass is 425 g/mol. The molecule has 0 bridgehead atoms. The number of benzene rings is 1. The summed E-state index contributed by atoms with van der Waals surface area (Å²) in [6.07, 6.45) is 4.81. The highest BCUT2D eigenvalue weighted by atomic mass is 32.1. The molecule has 5 rings (SSSR count). The summed E-state index contributed by atoms with van der Waals surface area (Å²) in [5.74, 6) is 0.218. The lowest BCUT2D eigenvalue weighted by Gasteiger charge is -2.09. The number of thiazole rings is 1. The lowest BCUT2D eigenvalue weighted by atomic mass is 9.97. The molecule has 0 saturated carbocycles. The average Bonchev–Trinajstić information content (AvgIpc) is 3.31. The standard InChI is InChI=1S/C21H19N3O3S2/c25-18(27-11-17-22-13-6-2-4-8-15(13)28-17)10-9-16-23-20(26)19-12-5-1-3-7-14(12)29-21(19)24-16/h2,4,6,8H,1,3,5,7,9-11H2,(H,23,24,26). The van der Waals surface area contributed by atoms with Gasteiger partial charge in [-0.05, 0) is 43.4 Å². The predicted octanol–water partition coefficient (Wildman–Crippen LogP) is 4.15. The number of aromatic nitrogens is 3. The van der Waals surface area contributed by atoms with E-state index in [1.807, 2.05) is 24.3 Å². The summed E-state index contributed by atoms with van der Waals surface area (Å²) < 4.78 is 6.43. The minimum Gasteiger partial charge on any atom is -0.458 e. The molecule has 29 heavy (non-hydrogen) atoms. The number of fused-ring (bicyclic) bond motifs is 4. The van der Waals surface area contributed by atoms with Crippen molar-refractivity contribution in [3.05, 3.63) is 55.9 Å². The maximum absolute atomic E-state index is 12.6. The van der Waals surface area contributed by atoms with Crippen molar-refractivity contribution in [2.24, 2.45) is 0 Å². The molecule has 0 amide bonds. The van der Waals surface area contributed by atoms with E-state index >= 15 is 0 Å². The van der Waals surface area contributed by atoms with Crippen LogP contribution < -0.4 is 5.56 Å². The minimum atomic E-state index is -0.322. The minimum absolute atomic E-state index is 0.0905. The number of rotatable bonds is 5. The van der Waals surface area contributed by atoms with Crippen LogP contribution in [0.5, 0.6) is 0 Å². The fourth-order valence-electron chi connectivity index (χ4n) is 3.74. The van der Waals surface area contributed by atoms with E-state index in [2.05, 4.69) is 15.0 Å². The number of ether oxygens (including phenoxy) is 1. The zero-order valence-corrected chi connectivity index (χ0v) is 17.3. The highest BCUT2D eigenvalue weighted by molar-refractivity contribution is 7.19. The van der Waals surface area contributed by atoms with Crippen molar-refractivity contribution in [3.63, 3.8) is 0 Å². The van der Waals surface area contributed by atoms with Gasteiger partial charge in [0.25, 0.3) is 5.56 Å². The molecule has 0 fully saturated rings. The van der Waals surface area contributed by atoms with Crippen LogP contribution in [0, 0.1) is 0 Å². The Bertz CT molecular complexity index is 1240. The summed E-state index contributed by atoms with van der Waals surface area (Å²) >= 11 is 3.14. The smallest absolute Gasteiger partial charge is 0.306 e. The van der Waals surface area contributed by atoms with Crippen molar-refractivity contribution < 1.29 is 9.53 Å². The number of hydrogen-bond donors (Lipinski definition) is 1. The van der Waals surface area contributed by atoms with Crippen LogP contribution in [0.1, 0.15) is 40.5 Å². The van der Waals surface area contributed by atoms with Crippen LogP contribution in [-0.2, 0) is 35.4 Å². The topological polar surface area (TPSA) is 84.9 Å². The molecule has 1 aliphatic carbocycles. The number of aryl methyl sites for hydroxylation is 3. The Labute approximate surface area is 174 Å². The van der Waals surface area contributed by atoms with Gasteiger partial charge in [0, 0.05) is 11.3 Å². The van der Waals surface area contributed by atoms with Crippen LogP contribution in [0.25, 0.3) is 20.4 Å². The van der Waals surface area contributed by atoms with Gasteiger partial charge >= 0.3 is 5.97 Å². The molecule has 0 spiro atoms. The van der Waals surface area contributed by atoms with Gasteiger partial charge in [-0.1, -0.05) is 12.1 Å². The van der Waals surface area contributed by atoms with Gasteiger partial charge in [0.2, 0.25) is 0 Å². The lowest BCUT2D eigenvalue weighted by Crippen LogP contribution is -2.14. The first-order valence-electron chi connectivity index (χ1n) is 9.71. The molecule has 1 N–H and O–H groups in total. The zero-order chi connectivity index (χ0) is 19.8. The van der Waals surface area contributed by atoms with Gasteiger partial charge in [0.1, 0.15) is 22.3 Å². The molecule has 8 heteroatoms. The molecule has 3 heterocycles. The fraction of sp³-hybridized carbons (Fsp3) is 0.333. The predicted molar refractivity (Wildman–Crippen MR) is 115 cm³/mol. The van der Waals surface area contributed by atoms with Crippen molar-refractivity contribution in [2.45, 2.75) is 45.1 Å². The zero-order valence-electron chi connectivity index (χ0n) is 15.7. The van der Waals surface area contributed by atoms with E-state index in [9.17, 15) is 9.59 Å². The van der Waals surface area contributed by atoms with Gasteiger partial charge in [-0.2, -0.15) is 0 Å². The third-order valence-electron chi connectivity index (χ3n) is 5.13. The van der Waals surface area contributed by atoms with Gasteiger partial charge in [-0.15, -0.1) is 22.7 Å². The number of hydrogen-bond acceptors (Lipinski definition) is 7. The third kappa shape index (κ3) is 3.70. The summed E-state index contributed by atoms with van der Waals surface area (Å²) in [6, 6.07) is 7.84. The number of aromatic amines is 1. The summed E-state index contributed by atoms with van der Waals surface area (Å²) in [5.41, 5.74) is 2.00. The number of carbonyl (C=O) groups excluding carboxylic acids is 1. The van der Waals surface area contributed by atoms with Gasteiger partial charge in [-0.3, -0.25) is 9.59 Å². The maximum Gasteiger partial charge on any atom is 0.306 e. The quantitative estimate of drug-likeness (QED) is 0.486. The van der Waals surface area contributed by atoms with Crippen LogP contribution in [0.2, 0.25) is 0 Å². The van der Waals surface area contributed by atoms with Crippen molar-refractivity contribution in [3.8, 4) is 0 Å². The van der Waals surface area contributed by atoms with Gasteiger partial charge in [-0.25, -0.2) is 9.97 Å². The van der Waals surface area contributed by atoms with Crippen molar-refractivity contribution in [2.75, 3.05) is 0 Å². The number of esters is 1. The Balaban J connectivity index is 1.24. The van der Waals surface area contributed by atoms with E-state index in [1.165, 1.54) is 28.2 Å². The number of H-pyrrole nitrogens is 1. The molecule has 1 aromatic carbocycles. The van der Waals surface area contributed by atoms with E-state index in [4.69, 9.17) is 4.74 Å². The highest BCUT2D eigenvalue weighted by Gasteiger charge is 2.20. The Morgan fingerprint density at radius 2 is 2.00 bits per heavy atom. The van der Waals surface area contributed by atoms with Crippen LogP contribution in [0.4, 0.5) is 0 Å². The molecule has 4 aromatic rings. The molecule has 0 aliphatic heterocycles. The first-order valence-corrected chi connectivity index (χ1v) is 11.3. The third-order valence-corrected chi connectivity index (χ3v) is 7.33. The van der Waals surface area contributed by atoms with E-state index in [1.54, 1.807) is 11.3 Å². The highest BCUT2D eigenvalue weighted by Crippen LogP contribution is 2.33. The molecule has 0 saturated heterocycles. The Morgan fingerprint density at radius 1 is 1.14 bits per heavy atom. The first-order chi connectivity index (χ1) is 14.2. The molecule has 0 radical (unpaired) electrons. The molecular weight excluding hydrogens is 406 g/mol. The summed E-state index contributed by atoms with van der Waals surface area (Å²) in [7, 11) is 0. The summed E-state index contributed by atoms with van der Waals surface area (Å²) in [6.45, 7) is 0.165. The van der Waals surface area contributed by atoms with E-state index in [0.717, 1.165) is 44.7 Å². The molecule has 3 aromatic heterocycles. The summed E-state index contributed by atoms with van der Waals surface area (Å²) in [5, 5.41) is 1.52. The number of nitrogens with zero attached hydrogens (tertiary/aromatic N) is 2. The normalized spacial score (nSPS) is 13.7. The molecule has 1 aliphatic rings. The summed E-state index contributed by atoms with van der Waals surface area (Å²) in [4.78, 5) is 38.7. The SMILES string of the molecule is O=C(CCc1nc2sc3c(c2c(=O)[nH]1)CCCC3)OCc1nc2ccccc2s1. The Kier molecular flexibility index (Phi) is 4.89. The van der Waals surface area contributed by atoms with Gasteiger partial charge in [0.05, 0.1) is 22.0 Å². The van der Waals surface area contributed by atoms with Crippen molar-refractivity contribution in [1.29, 1.82) is 0 Å². The van der Waals surface area contributed by atoms with Gasteiger partial charge in [0.15, 0.2) is 0 Å². The van der Waals surface area contributed by atoms with Crippen LogP contribution in [0.15, 0.2) is 29.1 Å². The van der Waals surface area contributed by atoms with Crippen LogP contribution in [-0.4, -0.2) is 20.9 Å². The first kappa shape index (κ1) is 18.4. The largest absolute Gasteiger partial charge is 0.458 e. The lowest BCUT2D eigenvalue weighted by molar-refractivity contribution is -0.144. The van der Waals surface area contributed by atoms with E-state index < -0.39 is 0 Å². The van der Waals surface area contributed by atoms with E-state index in [-0.39, 0.29) is 24.6 Å². The molecule has 0 atom stereocenters.